The van der Waals surface area contributed by atoms with Crippen LogP contribution in [0.3, 0.4) is 0 Å². The van der Waals surface area contributed by atoms with Crippen LogP contribution in [0.2, 0.25) is 0 Å². The third-order valence-electron chi connectivity index (χ3n) is 3.45. The smallest absolute Gasteiger partial charge is 0.231 e. The molecule has 110 valence electrons. The zero-order valence-corrected chi connectivity index (χ0v) is 11.9. The van der Waals surface area contributed by atoms with Crippen molar-refractivity contribution < 1.29 is 13.3 Å². The van der Waals surface area contributed by atoms with Crippen LogP contribution in [0.4, 0.5) is 4.39 Å². The Bertz CT molecular complexity index is 750. The number of fused-ring (bicyclic) bond motifs is 1. The lowest BCUT2D eigenvalue weighted by Crippen LogP contribution is -2.24. The number of hydrogen-bond acceptors (Lipinski definition) is 5. The van der Waals surface area contributed by atoms with Gasteiger partial charge in [-0.1, -0.05) is 5.16 Å². The molecule has 3 rings (SSSR count). The topological polar surface area (TPSA) is 64.1 Å². The second-order valence-corrected chi connectivity index (χ2v) is 5.08. The molecule has 6 heteroatoms. The Hall–Kier alpha value is -2.21. The van der Waals surface area contributed by atoms with Gasteiger partial charge in [-0.05, 0) is 26.1 Å². The fourth-order valence-corrected chi connectivity index (χ4v) is 2.18. The van der Waals surface area contributed by atoms with E-state index in [2.05, 4.69) is 15.5 Å². The van der Waals surface area contributed by atoms with E-state index >= 15 is 0 Å². The van der Waals surface area contributed by atoms with Crippen LogP contribution in [0.15, 0.2) is 33.4 Å². The molecule has 0 saturated heterocycles. The summed E-state index contributed by atoms with van der Waals surface area (Å²) in [6, 6.07) is 4.76. The molecule has 0 aliphatic rings. The third kappa shape index (κ3) is 2.95. The molecule has 5 nitrogen and oxygen atoms in total. The van der Waals surface area contributed by atoms with Crippen LogP contribution in [0.25, 0.3) is 11.0 Å². The predicted octanol–water partition coefficient (Wildman–Crippen LogP) is 2.70. The summed E-state index contributed by atoms with van der Waals surface area (Å²) < 4.78 is 23.7. The minimum Gasteiger partial charge on any atom is -0.464 e. The maximum Gasteiger partial charge on any atom is 0.231 e. The van der Waals surface area contributed by atoms with Gasteiger partial charge in [-0.3, -0.25) is 0 Å². The number of nitrogens with zero attached hydrogens (tertiary/aromatic N) is 2. The number of rotatable bonds is 5. The molecule has 0 aliphatic heterocycles. The van der Waals surface area contributed by atoms with Gasteiger partial charge in [0.1, 0.15) is 11.4 Å². The van der Waals surface area contributed by atoms with Crippen LogP contribution in [-0.4, -0.2) is 23.2 Å². The van der Waals surface area contributed by atoms with Gasteiger partial charge in [0.2, 0.25) is 5.89 Å². The summed E-state index contributed by atoms with van der Waals surface area (Å²) in [6.45, 7) is 2.05. The number of aromatic nitrogens is 2. The van der Waals surface area contributed by atoms with Crippen LogP contribution in [0.5, 0.6) is 0 Å². The summed E-state index contributed by atoms with van der Waals surface area (Å²) in [6.07, 6.45) is 2.78. The van der Waals surface area contributed by atoms with Crippen LogP contribution >= 0.6 is 0 Å². The number of hydrogen-bond donors (Lipinski definition) is 1. The fourth-order valence-electron chi connectivity index (χ4n) is 2.18. The molecule has 0 aliphatic carbocycles. The Kier molecular flexibility index (Phi) is 3.70. The van der Waals surface area contributed by atoms with Crippen molar-refractivity contribution in [2.45, 2.75) is 25.8 Å². The normalized spacial score (nSPS) is 12.9. The van der Waals surface area contributed by atoms with E-state index in [4.69, 9.17) is 8.94 Å². The van der Waals surface area contributed by atoms with Crippen molar-refractivity contribution in [2.24, 2.45) is 0 Å². The van der Waals surface area contributed by atoms with Crippen molar-refractivity contribution in [1.82, 2.24) is 15.5 Å². The molecular formula is C15H16FN3O2. The Morgan fingerprint density at radius 2 is 2.24 bits per heavy atom. The number of nitrogens with one attached hydrogen (secondary N) is 1. The van der Waals surface area contributed by atoms with Gasteiger partial charge < -0.3 is 14.3 Å². The molecule has 0 amide bonds. The summed E-state index contributed by atoms with van der Waals surface area (Å²) >= 11 is 0. The molecule has 0 spiro atoms. The van der Waals surface area contributed by atoms with E-state index in [-0.39, 0.29) is 11.9 Å². The highest BCUT2D eigenvalue weighted by Gasteiger charge is 2.13. The number of halogens is 1. The third-order valence-corrected chi connectivity index (χ3v) is 3.45. The number of furan rings is 1. The van der Waals surface area contributed by atoms with Gasteiger partial charge in [0.05, 0.1) is 12.7 Å². The Labute approximate surface area is 121 Å². The molecular weight excluding hydrogens is 273 g/mol. The molecule has 1 unspecified atom stereocenters. The molecule has 1 aromatic carbocycles. The molecule has 0 radical (unpaired) electrons. The van der Waals surface area contributed by atoms with Gasteiger partial charge in [-0.2, -0.15) is 4.98 Å². The Morgan fingerprint density at radius 1 is 1.38 bits per heavy atom. The highest BCUT2D eigenvalue weighted by molar-refractivity contribution is 5.81. The standard InChI is InChI=1S/C15H16FN3O2/c1-9(17-2)5-14-18-15(21-19-14)6-10-8-20-13-7-11(16)3-4-12(10)13/h3-4,7-9,17H,5-6H2,1-2H3. The molecule has 21 heavy (non-hydrogen) atoms. The lowest BCUT2D eigenvalue weighted by atomic mass is 10.1. The van der Waals surface area contributed by atoms with E-state index in [1.54, 1.807) is 12.3 Å². The summed E-state index contributed by atoms with van der Waals surface area (Å²) in [4.78, 5) is 4.36. The van der Waals surface area contributed by atoms with Gasteiger partial charge in [0, 0.05) is 29.5 Å². The van der Waals surface area contributed by atoms with Crippen molar-refractivity contribution in [3.63, 3.8) is 0 Å². The summed E-state index contributed by atoms with van der Waals surface area (Å²) in [5.41, 5.74) is 1.43. The highest BCUT2D eigenvalue weighted by atomic mass is 19.1. The summed E-state index contributed by atoms with van der Waals surface area (Å²) in [5, 5.41) is 7.95. The predicted molar refractivity (Wildman–Crippen MR) is 75.5 cm³/mol. The first-order valence-corrected chi connectivity index (χ1v) is 6.80. The number of benzene rings is 1. The van der Waals surface area contributed by atoms with Gasteiger partial charge in [-0.25, -0.2) is 4.39 Å². The quantitative estimate of drug-likeness (QED) is 0.782. The summed E-state index contributed by atoms with van der Waals surface area (Å²) in [5.74, 6) is 0.885. The Balaban J connectivity index is 1.79. The lowest BCUT2D eigenvalue weighted by Gasteiger charge is -2.04. The minimum atomic E-state index is -0.315. The maximum absolute atomic E-state index is 13.1. The molecule has 0 fully saturated rings. The minimum absolute atomic E-state index is 0.285. The number of likely N-dealkylation sites (N-methyl/N-ethyl adjacent to an activating group) is 1. The van der Waals surface area contributed by atoms with E-state index in [1.165, 1.54) is 12.1 Å². The zero-order valence-electron chi connectivity index (χ0n) is 11.9. The van der Waals surface area contributed by atoms with Gasteiger partial charge >= 0.3 is 0 Å². The van der Waals surface area contributed by atoms with E-state index < -0.39 is 0 Å². The van der Waals surface area contributed by atoms with Crippen molar-refractivity contribution >= 4 is 11.0 Å². The SMILES string of the molecule is CNC(C)Cc1noc(Cc2coc3cc(F)ccc23)n1. The molecule has 3 aromatic rings. The molecule has 0 bridgehead atoms. The molecule has 0 saturated carbocycles. The first-order valence-electron chi connectivity index (χ1n) is 6.80. The zero-order chi connectivity index (χ0) is 14.8. The van der Waals surface area contributed by atoms with Crippen molar-refractivity contribution in [3.05, 3.63) is 47.6 Å². The van der Waals surface area contributed by atoms with E-state index in [0.717, 1.165) is 10.9 Å². The molecule has 1 atom stereocenters. The van der Waals surface area contributed by atoms with Crippen molar-refractivity contribution in [2.75, 3.05) is 7.05 Å². The van der Waals surface area contributed by atoms with E-state index in [0.29, 0.717) is 30.1 Å². The Morgan fingerprint density at radius 3 is 3.05 bits per heavy atom. The summed E-state index contributed by atoms with van der Waals surface area (Å²) in [7, 11) is 1.89. The molecule has 2 aromatic heterocycles. The van der Waals surface area contributed by atoms with Gasteiger partial charge in [-0.15, -0.1) is 0 Å². The van der Waals surface area contributed by atoms with E-state index in [1.807, 2.05) is 14.0 Å². The average Bonchev–Trinajstić information content (AvgIpc) is 3.06. The second-order valence-electron chi connectivity index (χ2n) is 5.08. The first-order chi connectivity index (χ1) is 10.2. The van der Waals surface area contributed by atoms with Crippen molar-refractivity contribution in [1.29, 1.82) is 0 Å². The van der Waals surface area contributed by atoms with Gasteiger partial charge in [0.15, 0.2) is 5.82 Å². The van der Waals surface area contributed by atoms with Crippen LogP contribution < -0.4 is 5.32 Å². The average molecular weight is 289 g/mol. The van der Waals surface area contributed by atoms with Crippen LogP contribution in [-0.2, 0) is 12.8 Å². The molecule has 1 N–H and O–H groups in total. The first kappa shape index (κ1) is 13.8. The molecule has 2 heterocycles. The monoisotopic (exact) mass is 289 g/mol. The van der Waals surface area contributed by atoms with Crippen LogP contribution in [0.1, 0.15) is 24.2 Å². The second kappa shape index (κ2) is 5.65. The largest absolute Gasteiger partial charge is 0.464 e. The highest BCUT2D eigenvalue weighted by Crippen LogP contribution is 2.24. The van der Waals surface area contributed by atoms with Crippen molar-refractivity contribution in [3.8, 4) is 0 Å². The van der Waals surface area contributed by atoms with E-state index in [9.17, 15) is 4.39 Å². The maximum atomic E-state index is 13.1. The van der Waals surface area contributed by atoms with Crippen LogP contribution in [0, 0.1) is 5.82 Å². The lowest BCUT2D eigenvalue weighted by molar-refractivity contribution is 0.377. The van der Waals surface area contributed by atoms with Gasteiger partial charge in [0.25, 0.3) is 0 Å². The fraction of sp³-hybridized carbons (Fsp3) is 0.333.